The number of aromatic nitrogens is 1. The molecule has 3 aromatic rings. The third-order valence-electron chi connectivity index (χ3n) is 4.66. The summed E-state index contributed by atoms with van der Waals surface area (Å²) in [6.07, 6.45) is 1.68. The minimum Gasteiger partial charge on any atom is -0.408 e. The van der Waals surface area contributed by atoms with Gasteiger partial charge in [0, 0.05) is 19.7 Å². The molecule has 4 rings (SSSR count). The van der Waals surface area contributed by atoms with E-state index in [1.165, 1.54) is 40.2 Å². The molecule has 0 aliphatic carbocycles. The lowest BCUT2D eigenvalue weighted by atomic mass is 10.1. The number of fused-ring (bicyclic) bond motifs is 2. The summed E-state index contributed by atoms with van der Waals surface area (Å²) >= 11 is 0. The van der Waals surface area contributed by atoms with Crippen molar-refractivity contribution < 1.29 is 21.3 Å². The lowest BCUT2D eigenvalue weighted by Crippen LogP contribution is -2.27. The van der Waals surface area contributed by atoms with Crippen molar-refractivity contribution in [2.45, 2.75) is 11.3 Å². The Morgan fingerprint density at radius 1 is 1.07 bits per heavy atom. The highest BCUT2D eigenvalue weighted by Gasteiger charge is 2.27. The molecular weight excluding hydrogens is 406 g/mol. The third kappa shape index (κ3) is 3.06. The number of aryl methyl sites for hydroxylation is 1. The molecule has 0 spiro atoms. The van der Waals surface area contributed by atoms with E-state index in [2.05, 4.69) is 4.72 Å². The van der Waals surface area contributed by atoms with Crippen LogP contribution in [0.4, 0.5) is 11.4 Å². The average Bonchev–Trinajstić information content (AvgIpc) is 3.15. The Kier molecular flexibility index (Phi) is 4.05. The van der Waals surface area contributed by atoms with Crippen molar-refractivity contribution in [1.29, 1.82) is 0 Å². The molecule has 0 bridgehead atoms. The van der Waals surface area contributed by atoms with Gasteiger partial charge < -0.3 is 4.42 Å². The Hall–Kier alpha value is -2.79. The molecule has 2 heterocycles. The largest absolute Gasteiger partial charge is 0.419 e. The van der Waals surface area contributed by atoms with E-state index in [0.29, 0.717) is 24.2 Å². The molecule has 11 heteroatoms. The first kappa shape index (κ1) is 18.6. The van der Waals surface area contributed by atoms with Crippen LogP contribution in [0, 0.1) is 0 Å². The summed E-state index contributed by atoms with van der Waals surface area (Å²) in [6.45, 7) is 0.327. The minimum absolute atomic E-state index is 0.0742. The predicted molar refractivity (Wildman–Crippen MR) is 105 cm³/mol. The van der Waals surface area contributed by atoms with Crippen LogP contribution in [0.5, 0.6) is 0 Å². The number of nitrogens with one attached hydrogen (secondary N) is 1. The second-order valence-electron chi connectivity index (χ2n) is 6.59. The van der Waals surface area contributed by atoms with Crippen molar-refractivity contribution in [1.82, 2.24) is 4.57 Å². The van der Waals surface area contributed by atoms with Crippen LogP contribution in [-0.2, 0) is 33.5 Å². The first-order chi connectivity index (χ1) is 13.1. The van der Waals surface area contributed by atoms with Gasteiger partial charge in [-0.2, -0.15) is 0 Å². The van der Waals surface area contributed by atoms with Crippen molar-refractivity contribution >= 4 is 42.5 Å². The summed E-state index contributed by atoms with van der Waals surface area (Å²) in [5.74, 6) is -0.586. The molecule has 28 heavy (non-hydrogen) atoms. The highest BCUT2D eigenvalue weighted by molar-refractivity contribution is 7.92. The van der Waals surface area contributed by atoms with Crippen LogP contribution in [-0.4, -0.2) is 34.2 Å². The lowest BCUT2D eigenvalue weighted by molar-refractivity contribution is 0.527. The molecule has 1 aliphatic rings. The topological polar surface area (TPSA) is 119 Å². The summed E-state index contributed by atoms with van der Waals surface area (Å²) in [4.78, 5) is 11.5. The second kappa shape index (κ2) is 6.11. The number of rotatable bonds is 4. The molecule has 1 aliphatic heterocycles. The van der Waals surface area contributed by atoms with E-state index in [1.54, 1.807) is 12.1 Å². The van der Waals surface area contributed by atoms with E-state index in [0.717, 1.165) is 11.8 Å². The predicted octanol–water partition coefficient (Wildman–Crippen LogP) is 1.25. The van der Waals surface area contributed by atoms with Gasteiger partial charge in [0.1, 0.15) is 0 Å². The summed E-state index contributed by atoms with van der Waals surface area (Å²) in [6, 6.07) is 8.93. The van der Waals surface area contributed by atoms with Gasteiger partial charge in [-0.25, -0.2) is 21.6 Å². The average molecular weight is 423 g/mol. The summed E-state index contributed by atoms with van der Waals surface area (Å²) in [5.41, 5.74) is 2.18. The SMILES string of the molecule is Cn1c(=O)oc2cc(S(=O)(=O)Nc3ccc4c(c3)N(S(C)(=O)=O)CC4)ccc21. The first-order valence-electron chi connectivity index (χ1n) is 8.29. The summed E-state index contributed by atoms with van der Waals surface area (Å²) in [5, 5.41) is 0. The van der Waals surface area contributed by atoms with Gasteiger partial charge >= 0.3 is 5.76 Å². The standard InChI is InChI=1S/C17H17N3O6S2/c1-19-14-6-5-13(10-16(14)26-17(19)21)28(24,25)18-12-4-3-11-7-8-20(15(11)9-12)27(2,22)23/h3-6,9-10,18H,7-8H2,1-2H3. The maximum Gasteiger partial charge on any atom is 0.419 e. The zero-order chi connectivity index (χ0) is 20.3. The van der Waals surface area contributed by atoms with Crippen LogP contribution in [0.25, 0.3) is 11.1 Å². The third-order valence-corrected chi connectivity index (χ3v) is 7.22. The van der Waals surface area contributed by atoms with Gasteiger partial charge in [-0.05, 0) is 36.2 Å². The Labute approximate surface area is 161 Å². The van der Waals surface area contributed by atoms with Gasteiger partial charge in [-0.15, -0.1) is 0 Å². The van der Waals surface area contributed by atoms with E-state index in [4.69, 9.17) is 4.42 Å². The van der Waals surface area contributed by atoms with Crippen LogP contribution in [0.1, 0.15) is 5.56 Å². The quantitative estimate of drug-likeness (QED) is 0.675. The maximum atomic E-state index is 12.7. The van der Waals surface area contributed by atoms with Gasteiger partial charge in [0.2, 0.25) is 10.0 Å². The van der Waals surface area contributed by atoms with Crippen LogP contribution in [0.2, 0.25) is 0 Å². The Balaban J connectivity index is 1.70. The molecule has 0 atom stereocenters. The second-order valence-corrected chi connectivity index (χ2v) is 10.2. The molecular formula is C17H17N3O6S2. The minimum atomic E-state index is -3.97. The van der Waals surface area contributed by atoms with E-state index in [9.17, 15) is 21.6 Å². The molecule has 0 fully saturated rings. The van der Waals surface area contributed by atoms with Crippen LogP contribution >= 0.6 is 0 Å². The molecule has 2 aromatic carbocycles. The molecule has 1 N–H and O–H groups in total. The van der Waals surface area contributed by atoms with Crippen molar-refractivity contribution in [2.24, 2.45) is 7.05 Å². The number of sulfonamides is 2. The smallest absolute Gasteiger partial charge is 0.408 e. The van der Waals surface area contributed by atoms with Gasteiger partial charge in [-0.3, -0.25) is 13.6 Å². The molecule has 0 unspecified atom stereocenters. The molecule has 148 valence electrons. The van der Waals surface area contributed by atoms with Gasteiger partial charge in [0.05, 0.1) is 28.0 Å². The van der Waals surface area contributed by atoms with Gasteiger partial charge in [0.15, 0.2) is 5.58 Å². The fraction of sp³-hybridized carbons (Fsp3) is 0.235. The van der Waals surface area contributed by atoms with Crippen molar-refractivity contribution in [3.63, 3.8) is 0 Å². The number of benzene rings is 2. The summed E-state index contributed by atoms with van der Waals surface area (Å²) < 4.78 is 59.3. The first-order valence-corrected chi connectivity index (χ1v) is 11.6. The maximum absolute atomic E-state index is 12.7. The lowest BCUT2D eigenvalue weighted by Gasteiger charge is -2.17. The highest BCUT2D eigenvalue weighted by Crippen LogP contribution is 2.33. The van der Waals surface area contributed by atoms with Crippen LogP contribution < -0.4 is 14.8 Å². The normalized spacial score (nSPS) is 14.4. The highest BCUT2D eigenvalue weighted by atomic mass is 32.2. The number of hydrogen-bond acceptors (Lipinski definition) is 6. The van der Waals surface area contributed by atoms with Crippen LogP contribution in [0.15, 0.2) is 50.5 Å². The molecule has 0 saturated carbocycles. The number of anilines is 2. The van der Waals surface area contributed by atoms with E-state index in [-0.39, 0.29) is 16.2 Å². The zero-order valence-corrected chi connectivity index (χ0v) is 16.7. The molecule has 0 saturated heterocycles. The molecule has 0 radical (unpaired) electrons. The van der Waals surface area contributed by atoms with Crippen molar-refractivity contribution in [2.75, 3.05) is 21.8 Å². The number of nitrogens with zero attached hydrogens (tertiary/aromatic N) is 2. The Bertz CT molecular complexity index is 1370. The zero-order valence-electron chi connectivity index (χ0n) is 15.0. The van der Waals surface area contributed by atoms with Gasteiger partial charge in [-0.1, -0.05) is 6.07 Å². The molecule has 1 aromatic heterocycles. The molecule has 9 nitrogen and oxygen atoms in total. The number of hydrogen-bond donors (Lipinski definition) is 1. The van der Waals surface area contributed by atoms with E-state index >= 15 is 0 Å². The van der Waals surface area contributed by atoms with Crippen molar-refractivity contribution in [3.8, 4) is 0 Å². The Morgan fingerprint density at radius 3 is 2.54 bits per heavy atom. The van der Waals surface area contributed by atoms with E-state index < -0.39 is 25.8 Å². The Morgan fingerprint density at radius 2 is 1.82 bits per heavy atom. The number of oxazole rings is 1. The fourth-order valence-corrected chi connectivity index (χ4v) is 5.27. The summed E-state index contributed by atoms with van der Waals surface area (Å²) in [7, 11) is -5.88. The fourth-order valence-electron chi connectivity index (χ4n) is 3.25. The molecule has 0 amide bonds. The van der Waals surface area contributed by atoms with Crippen molar-refractivity contribution in [3.05, 3.63) is 52.5 Å². The van der Waals surface area contributed by atoms with Gasteiger partial charge in [0.25, 0.3) is 10.0 Å². The monoisotopic (exact) mass is 423 g/mol. The van der Waals surface area contributed by atoms with Crippen LogP contribution in [0.3, 0.4) is 0 Å². The van der Waals surface area contributed by atoms with E-state index in [1.807, 2.05) is 0 Å².